The van der Waals surface area contributed by atoms with Gasteiger partial charge in [-0.3, -0.25) is 4.79 Å². The number of likely N-dealkylation sites (tertiary alicyclic amines) is 1. The van der Waals surface area contributed by atoms with Gasteiger partial charge in [0.2, 0.25) is 5.91 Å². The van der Waals surface area contributed by atoms with Crippen LogP contribution in [0.5, 0.6) is 5.75 Å². The Kier molecular flexibility index (Phi) is 11.5. The molecule has 0 bridgehead atoms. The first-order chi connectivity index (χ1) is 22.4. The Labute approximate surface area is 274 Å². The van der Waals surface area contributed by atoms with Gasteiger partial charge in [0.05, 0.1) is 0 Å². The smallest absolute Gasteiger partial charge is 0.224 e. The number of nitrogens with zero attached hydrogens (tertiary/aromatic N) is 1. The maximum atomic E-state index is 14.8. The lowest BCUT2D eigenvalue weighted by molar-refractivity contribution is -0.200. The van der Waals surface area contributed by atoms with Gasteiger partial charge in [-0.2, -0.15) is 0 Å². The Morgan fingerprint density at radius 3 is 2.28 bits per heavy atom. The molecule has 13 heteroatoms. The molecule has 47 heavy (non-hydrogen) atoms. The number of aliphatic hydroxyl groups is 3. The molecule has 2 aliphatic heterocycles. The van der Waals surface area contributed by atoms with Crippen LogP contribution in [-0.2, 0) is 22.4 Å². The van der Waals surface area contributed by atoms with Crippen molar-refractivity contribution in [3.05, 3.63) is 100 Å². The average molecular weight is 679 g/mol. The first-order valence-electron chi connectivity index (χ1n) is 15.4. The van der Waals surface area contributed by atoms with Crippen molar-refractivity contribution < 1.29 is 47.1 Å². The third-order valence-corrected chi connectivity index (χ3v) is 9.48. The summed E-state index contributed by atoms with van der Waals surface area (Å²) in [5, 5.41) is 31.0. The van der Waals surface area contributed by atoms with Crippen LogP contribution in [0.2, 0.25) is 0 Å². The minimum atomic E-state index is -1.40. The molecule has 3 aromatic carbocycles. The molecule has 0 aliphatic carbocycles. The minimum Gasteiger partial charge on any atom is -0.490 e. The standard InChI is InChI=1S/C34H38F4N2O6S/c1-47-34-32(44)30(42)31(43)33(46-34)19-4-7-25(35)20(13-19)12-18-2-5-23(6-3-18)45-24-8-10-40(11-9-24)29(41)16-22(39)14-21-15-27(37)28(38)17-26(21)36/h2-7,13,15,17,22,24,30-34,42-44H,8-12,14,16,39H2,1H3/t22?,30-,31-,32+,33+,34-/m1/s1. The van der Waals surface area contributed by atoms with E-state index in [0.29, 0.717) is 48.9 Å². The van der Waals surface area contributed by atoms with Gasteiger partial charge in [0.15, 0.2) is 11.6 Å². The van der Waals surface area contributed by atoms with Gasteiger partial charge < -0.3 is 35.4 Å². The van der Waals surface area contributed by atoms with Crippen LogP contribution in [0, 0.1) is 23.3 Å². The number of carbonyl (C=O) groups is 1. The molecule has 1 amide bonds. The van der Waals surface area contributed by atoms with Crippen LogP contribution in [0.15, 0.2) is 54.6 Å². The number of benzene rings is 3. The molecule has 3 aromatic rings. The number of hydrogen-bond acceptors (Lipinski definition) is 8. The van der Waals surface area contributed by atoms with Crippen LogP contribution in [-0.4, -0.2) is 81.4 Å². The monoisotopic (exact) mass is 678 g/mol. The van der Waals surface area contributed by atoms with Crippen molar-refractivity contribution in [1.29, 1.82) is 0 Å². The minimum absolute atomic E-state index is 0.0629. The summed E-state index contributed by atoms with van der Waals surface area (Å²) >= 11 is 1.21. The third-order valence-electron chi connectivity index (χ3n) is 8.62. The molecule has 0 radical (unpaired) electrons. The Morgan fingerprint density at radius 2 is 1.60 bits per heavy atom. The number of hydrogen-bond donors (Lipinski definition) is 4. The second-order valence-electron chi connectivity index (χ2n) is 12.0. The van der Waals surface area contributed by atoms with Crippen molar-refractivity contribution in [2.45, 2.75) is 74.1 Å². The predicted molar refractivity (Wildman–Crippen MR) is 168 cm³/mol. The molecule has 2 saturated heterocycles. The summed E-state index contributed by atoms with van der Waals surface area (Å²) in [4.78, 5) is 14.4. The summed E-state index contributed by atoms with van der Waals surface area (Å²) in [5.41, 5.74) is 6.88. The van der Waals surface area contributed by atoms with E-state index in [0.717, 1.165) is 11.6 Å². The number of piperidine rings is 1. The zero-order valence-electron chi connectivity index (χ0n) is 25.7. The molecular weight excluding hydrogens is 640 g/mol. The van der Waals surface area contributed by atoms with E-state index in [4.69, 9.17) is 15.2 Å². The van der Waals surface area contributed by atoms with Crippen LogP contribution >= 0.6 is 11.8 Å². The zero-order valence-corrected chi connectivity index (χ0v) is 26.5. The molecule has 254 valence electrons. The van der Waals surface area contributed by atoms with E-state index < -0.39 is 59.2 Å². The topological polar surface area (TPSA) is 125 Å². The van der Waals surface area contributed by atoms with Crippen LogP contribution in [0.25, 0.3) is 0 Å². The Morgan fingerprint density at radius 1 is 0.915 bits per heavy atom. The Balaban J connectivity index is 1.11. The van der Waals surface area contributed by atoms with Crippen molar-refractivity contribution in [3.63, 3.8) is 0 Å². The van der Waals surface area contributed by atoms with E-state index in [9.17, 15) is 37.7 Å². The number of aliphatic hydroxyl groups excluding tert-OH is 3. The molecule has 5 N–H and O–H groups in total. The fourth-order valence-corrected chi connectivity index (χ4v) is 6.65. The Bertz CT molecular complexity index is 1540. The molecular formula is C34H38F4N2O6S. The van der Waals surface area contributed by atoms with Crippen LogP contribution in [0.3, 0.4) is 0 Å². The molecule has 1 unspecified atom stereocenters. The van der Waals surface area contributed by atoms with E-state index in [2.05, 4.69) is 0 Å². The van der Waals surface area contributed by atoms with Gasteiger partial charge in [0.25, 0.3) is 0 Å². The molecule has 5 rings (SSSR count). The largest absolute Gasteiger partial charge is 0.490 e. The van der Waals surface area contributed by atoms with Gasteiger partial charge in [-0.05, 0) is 65.3 Å². The molecule has 2 heterocycles. The van der Waals surface area contributed by atoms with Gasteiger partial charge in [-0.15, -0.1) is 11.8 Å². The van der Waals surface area contributed by atoms with Crippen molar-refractivity contribution in [2.75, 3.05) is 19.3 Å². The summed E-state index contributed by atoms with van der Waals surface area (Å²) < 4.78 is 67.4. The third kappa shape index (κ3) is 8.45. The first-order valence-corrected chi connectivity index (χ1v) is 16.7. The molecule has 0 saturated carbocycles. The number of ether oxygens (including phenoxy) is 2. The van der Waals surface area contributed by atoms with E-state index in [-0.39, 0.29) is 36.8 Å². The summed E-state index contributed by atoms with van der Waals surface area (Å²) in [5.74, 6) is -3.37. The lowest BCUT2D eigenvalue weighted by Gasteiger charge is -2.40. The van der Waals surface area contributed by atoms with Gasteiger partial charge in [0.1, 0.15) is 53.3 Å². The van der Waals surface area contributed by atoms with Gasteiger partial charge in [-0.25, -0.2) is 17.6 Å². The fourth-order valence-electron chi connectivity index (χ4n) is 5.97. The molecule has 2 fully saturated rings. The van der Waals surface area contributed by atoms with Crippen molar-refractivity contribution in [3.8, 4) is 5.75 Å². The number of nitrogens with two attached hydrogens (primary N) is 1. The quantitative estimate of drug-likeness (QED) is 0.187. The summed E-state index contributed by atoms with van der Waals surface area (Å²) in [7, 11) is 0. The highest BCUT2D eigenvalue weighted by Crippen LogP contribution is 2.36. The number of rotatable bonds is 10. The van der Waals surface area contributed by atoms with Gasteiger partial charge >= 0.3 is 0 Å². The highest BCUT2D eigenvalue weighted by atomic mass is 32.2. The maximum Gasteiger partial charge on any atom is 0.224 e. The van der Waals surface area contributed by atoms with Crippen molar-refractivity contribution in [2.24, 2.45) is 5.73 Å². The van der Waals surface area contributed by atoms with E-state index >= 15 is 0 Å². The SMILES string of the molecule is CS[C@H]1O[C@@H](c2ccc(F)c(Cc3ccc(OC4CCN(C(=O)CC(N)Cc5cc(F)c(F)cc5F)CC4)cc3)c2)[C@H](O)[C@@H](O)[C@@H]1O. The molecule has 8 nitrogen and oxygen atoms in total. The fraction of sp³-hybridized carbons (Fsp3) is 0.441. The maximum absolute atomic E-state index is 14.8. The number of halogens is 4. The predicted octanol–water partition coefficient (Wildman–Crippen LogP) is 4.01. The number of amides is 1. The second kappa shape index (κ2) is 15.3. The van der Waals surface area contributed by atoms with Crippen LogP contribution in [0.1, 0.15) is 47.6 Å². The number of thioether (sulfide) groups is 1. The van der Waals surface area contributed by atoms with Crippen molar-refractivity contribution >= 4 is 17.7 Å². The highest BCUT2D eigenvalue weighted by molar-refractivity contribution is 7.99. The second-order valence-corrected chi connectivity index (χ2v) is 13.0. The highest BCUT2D eigenvalue weighted by Gasteiger charge is 2.44. The average Bonchev–Trinajstić information content (AvgIpc) is 3.05. The molecule has 0 aromatic heterocycles. The van der Waals surface area contributed by atoms with Crippen LogP contribution in [0.4, 0.5) is 17.6 Å². The van der Waals surface area contributed by atoms with E-state index in [1.165, 1.54) is 23.9 Å². The lowest BCUT2D eigenvalue weighted by Crippen LogP contribution is -2.52. The van der Waals surface area contributed by atoms with Gasteiger partial charge in [-0.1, -0.05) is 18.2 Å². The normalized spacial score (nSPS) is 24.3. The molecule has 0 spiro atoms. The molecule has 2 aliphatic rings. The summed E-state index contributed by atoms with van der Waals surface area (Å²) in [6.45, 7) is 0.882. The Hall–Kier alpha value is -3.20. The van der Waals surface area contributed by atoms with Gasteiger partial charge in [0, 0.05) is 50.9 Å². The first kappa shape index (κ1) is 35.1. The van der Waals surface area contributed by atoms with Crippen LogP contribution < -0.4 is 10.5 Å². The van der Waals surface area contributed by atoms with Crippen molar-refractivity contribution in [1.82, 2.24) is 4.90 Å². The lowest BCUT2D eigenvalue weighted by atomic mass is 9.92. The number of carbonyl (C=O) groups excluding carboxylic acids is 1. The summed E-state index contributed by atoms with van der Waals surface area (Å²) in [6, 6.07) is 12.1. The van der Waals surface area contributed by atoms with E-state index in [1.54, 1.807) is 29.4 Å². The zero-order chi connectivity index (χ0) is 33.8. The molecule has 6 atom stereocenters. The van der Waals surface area contributed by atoms with E-state index in [1.807, 2.05) is 12.1 Å². The summed E-state index contributed by atoms with van der Waals surface area (Å²) in [6.07, 6.45) is -2.13.